The van der Waals surface area contributed by atoms with Crippen LogP contribution in [0.5, 0.6) is 0 Å². The molecule has 3 nitrogen and oxygen atoms in total. The van der Waals surface area contributed by atoms with E-state index in [0.29, 0.717) is 0 Å². The number of nitrogens with two attached hydrogens (primary N) is 1. The normalized spacial score (nSPS) is 15.9. The van der Waals surface area contributed by atoms with Gasteiger partial charge in [0, 0.05) is 17.4 Å². The van der Waals surface area contributed by atoms with Crippen LogP contribution in [0.1, 0.15) is 42.3 Å². The zero-order valence-electron chi connectivity index (χ0n) is 12.4. The van der Waals surface area contributed by atoms with E-state index in [2.05, 4.69) is 41.6 Å². The van der Waals surface area contributed by atoms with Crippen molar-refractivity contribution in [3.8, 4) is 5.69 Å². The van der Waals surface area contributed by atoms with Crippen LogP contribution < -0.4 is 5.73 Å². The Balaban J connectivity index is 2.02. The number of aryl methyl sites for hydroxylation is 2. The first-order valence-corrected chi connectivity index (χ1v) is 7.55. The number of hydrogen-bond acceptors (Lipinski definition) is 2. The van der Waals surface area contributed by atoms with Gasteiger partial charge in [-0.05, 0) is 63.1 Å². The number of nitrogens with zero attached hydrogens (tertiary/aromatic N) is 2. The highest BCUT2D eigenvalue weighted by atomic mass is 15.1. The van der Waals surface area contributed by atoms with Gasteiger partial charge in [0.05, 0.1) is 12.0 Å². The third kappa shape index (κ3) is 2.50. The van der Waals surface area contributed by atoms with Crippen molar-refractivity contribution in [2.24, 2.45) is 5.73 Å². The van der Waals surface area contributed by atoms with E-state index in [1.54, 1.807) is 0 Å². The number of fused-ring (bicyclic) bond motifs is 1. The number of imidazole rings is 1. The standard InChI is InChI=1S/C17H23N3/c1-12-7-8-14(9-13(2)18)10-17(12)20-11-19-15-5-3-4-6-16(15)20/h7-8,10-11,13H,3-6,9,18H2,1-2H3. The van der Waals surface area contributed by atoms with E-state index in [9.17, 15) is 0 Å². The summed E-state index contributed by atoms with van der Waals surface area (Å²) in [4.78, 5) is 4.60. The van der Waals surface area contributed by atoms with E-state index in [4.69, 9.17) is 5.73 Å². The Morgan fingerprint density at radius 2 is 2.10 bits per heavy atom. The molecule has 0 bridgehead atoms. The molecule has 0 aliphatic heterocycles. The topological polar surface area (TPSA) is 43.8 Å². The second-order valence-corrected chi connectivity index (χ2v) is 6.02. The van der Waals surface area contributed by atoms with Crippen LogP contribution >= 0.6 is 0 Å². The molecule has 3 heteroatoms. The van der Waals surface area contributed by atoms with Gasteiger partial charge in [0.2, 0.25) is 0 Å². The first-order chi connectivity index (χ1) is 9.65. The Morgan fingerprint density at radius 3 is 2.90 bits per heavy atom. The van der Waals surface area contributed by atoms with E-state index in [1.807, 2.05) is 6.33 Å². The monoisotopic (exact) mass is 269 g/mol. The molecular weight excluding hydrogens is 246 g/mol. The number of aromatic nitrogens is 2. The summed E-state index contributed by atoms with van der Waals surface area (Å²) in [5.41, 5.74) is 12.5. The molecule has 0 spiro atoms. The lowest BCUT2D eigenvalue weighted by Gasteiger charge is -2.17. The molecule has 1 aromatic carbocycles. The summed E-state index contributed by atoms with van der Waals surface area (Å²) in [5.74, 6) is 0. The summed E-state index contributed by atoms with van der Waals surface area (Å²) >= 11 is 0. The van der Waals surface area contributed by atoms with Gasteiger partial charge in [-0.3, -0.25) is 0 Å². The summed E-state index contributed by atoms with van der Waals surface area (Å²) in [6.45, 7) is 4.22. The first kappa shape index (κ1) is 13.4. The molecule has 0 fully saturated rings. The van der Waals surface area contributed by atoms with E-state index in [1.165, 1.54) is 41.0 Å². The van der Waals surface area contributed by atoms with Gasteiger partial charge in [0.15, 0.2) is 0 Å². The summed E-state index contributed by atoms with van der Waals surface area (Å²) in [7, 11) is 0. The van der Waals surface area contributed by atoms with Gasteiger partial charge in [0.1, 0.15) is 0 Å². The Hall–Kier alpha value is -1.61. The quantitative estimate of drug-likeness (QED) is 0.931. The van der Waals surface area contributed by atoms with E-state index >= 15 is 0 Å². The van der Waals surface area contributed by atoms with E-state index in [-0.39, 0.29) is 6.04 Å². The van der Waals surface area contributed by atoms with Gasteiger partial charge in [0.25, 0.3) is 0 Å². The lowest BCUT2D eigenvalue weighted by Crippen LogP contribution is -2.18. The molecule has 1 unspecified atom stereocenters. The second-order valence-electron chi connectivity index (χ2n) is 6.02. The molecule has 0 amide bonds. The van der Waals surface area contributed by atoms with Gasteiger partial charge >= 0.3 is 0 Å². The average molecular weight is 269 g/mol. The van der Waals surface area contributed by atoms with Crippen LogP contribution in [0.4, 0.5) is 0 Å². The molecular formula is C17H23N3. The molecule has 0 saturated heterocycles. The molecule has 1 aliphatic rings. The van der Waals surface area contributed by atoms with Gasteiger partial charge in [-0.1, -0.05) is 12.1 Å². The van der Waals surface area contributed by atoms with Crippen LogP contribution in [0.15, 0.2) is 24.5 Å². The highest BCUT2D eigenvalue weighted by Gasteiger charge is 2.17. The molecule has 0 saturated carbocycles. The van der Waals surface area contributed by atoms with Crippen molar-refractivity contribution in [2.75, 3.05) is 0 Å². The molecule has 1 aromatic heterocycles. The maximum atomic E-state index is 5.92. The lowest BCUT2D eigenvalue weighted by molar-refractivity contribution is 0.655. The predicted molar refractivity (Wildman–Crippen MR) is 82.3 cm³/mol. The van der Waals surface area contributed by atoms with Crippen molar-refractivity contribution in [3.63, 3.8) is 0 Å². The molecule has 2 N–H and O–H groups in total. The Labute approximate surface area is 120 Å². The Kier molecular flexibility index (Phi) is 3.62. The van der Waals surface area contributed by atoms with Crippen LogP contribution in [0.3, 0.4) is 0 Å². The molecule has 1 heterocycles. The van der Waals surface area contributed by atoms with E-state index in [0.717, 1.165) is 19.3 Å². The third-order valence-corrected chi connectivity index (χ3v) is 4.12. The predicted octanol–water partition coefficient (Wildman–Crippen LogP) is 2.95. The minimum atomic E-state index is 0.197. The fourth-order valence-corrected chi connectivity index (χ4v) is 3.09. The Morgan fingerprint density at radius 1 is 1.30 bits per heavy atom. The summed E-state index contributed by atoms with van der Waals surface area (Å²) in [6.07, 6.45) is 7.73. The van der Waals surface area contributed by atoms with Crippen LogP contribution in [0.2, 0.25) is 0 Å². The second kappa shape index (κ2) is 5.41. The van der Waals surface area contributed by atoms with E-state index < -0.39 is 0 Å². The largest absolute Gasteiger partial charge is 0.328 e. The summed E-state index contributed by atoms with van der Waals surface area (Å²) < 4.78 is 2.29. The maximum Gasteiger partial charge on any atom is 0.0997 e. The van der Waals surface area contributed by atoms with Crippen LogP contribution in [0.25, 0.3) is 5.69 Å². The van der Waals surface area contributed by atoms with Gasteiger partial charge in [-0.25, -0.2) is 4.98 Å². The van der Waals surface area contributed by atoms with Crippen molar-refractivity contribution in [1.29, 1.82) is 0 Å². The highest BCUT2D eigenvalue weighted by molar-refractivity contribution is 5.45. The highest BCUT2D eigenvalue weighted by Crippen LogP contribution is 2.25. The summed E-state index contributed by atoms with van der Waals surface area (Å²) in [6, 6.07) is 6.85. The van der Waals surface area contributed by atoms with Crippen molar-refractivity contribution < 1.29 is 0 Å². The van der Waals surface area contributed by atoms with Crippen molar-refractivity contribution in [3.05, 3.63) is 47.0 Å². The minimum Gasteiger partial charge on any atom is -0.328 e. The lowest BCUT2D eigenvalue weighted by atomic mass is 10.00. The number of hydrogen-bond donors (Lipinski definition) is 1. The molecule has 20 heavy (non-hydrogen) atoms. The molecule has 106 valence electrons. The number of rotatable bonds is 3. The third-order valence-electron chi connectivity index (χ3n) is 4.12. The van der Waals surface area contributed by atoms with Crippen molar-refractivity contribution in [2.45, 2.75) is 52.0 Å². The first-order valence-electron chi connectivity index (χ1n) is 7.55. The fourth-order valence-electron chi connectivity index (χ4n) is 3.09. The van der Waals surface area contributed by atoms with Gasteiger partial charge < -0.3 is 10.3 Å². The SMILES string of the molecule is Cc1ccc(CC(C)N)cc1-n1cnc2c1CCCC2. The molecule has 2 aromatic rings. The van der Waals surface area contributed by atoms with Crippen LogP contribution in [-0.4, -0.2) is 15.6 Å². The molecule has 1 aliphatic carbocycles. The minimum absolute atomic E-state index is 0.197. The Bertz CT molecular complexity index is 611. The maximum absolute atomic E-state index is 5.92. The number of benzene rings is 1. The molecule has 3 rings (SSSR count). The fraction of sp³-hybridized carbons (Fsp3) is 0.471. The van der Waals surface area contributed by atoms with Crippen LogP contribution in [-0.2, 0) is 19.3 Å². The summed E-state index contributed by atoms with van der Waals surface area (Å²) in [5, 5.41) is 0. The smallest absolute Gasteiger partial charge is 0.0997 e. The van der Waals surface area contributed by atoms with Gasteiger partial charge in [-0.2, -0.15) is 0 Å². The van der Waals surface area contributed by atoms with Crippen LogP contribution in [0, 0.1) is 6.92 Å². The molecule has 0 radical (unpaired) electrons. The van der Waals surface area contributed by atoms with Crippen molar-refractivity contribution >= 4 is 0 Å². The van der Waals surface area contributed by atoms with Gasteiger partial charge in [-0.15, -0.1) is 0 Å². The molecule has 1 atom stereocenters. The zero-order chi connectivity index (χ0) is 14.1. The zero-order valence-corrected chi connectivity index (χ0v) is 12.4. The van der Waals surface area contributed by atoms with Crippen molar-refractivity contribution in [1.82, 2.24) is 9.55 Å². The average Bonchev–Trinajstić information content (AvgIpc) is 2.84.